The number of anilines is 1. The highest BCUT2D eigenvalue weighted by Gasteiger charge is 2.14. The number of aromatic nitrogens is 1. The van der Waals surface area contributed by atoms with Gasteiger partial charge < -0.3 is 10.2 Å². The number of nitrogens with one attached hydrogen (secondary N) is 1. The lowest BCUT2D eigenvalue weighted by atomic mass is 9.97. The minimum Gasteiger partial charge on any atom is -0.374 e. The molecule has 0 radical (unpaired) electrons. The molecule has 0 saturated carbocycles. The number of hydrogen-bond acceptors (Lipinski definition) is 3. The Morgan fingerprint density at radius 2 is 1.91 bits per heavy atom. The summed E-state index contributed by atoms with van der Waals surface area (Å²) in [5.41, 5.74) is 5.34. The Balaban J connectivity index is 0.000000924. The minimum absolute atomic E-state index is 0.159. The van der Waals surface area contributed by atoms with Gasteiger partial charge in [0.15, 0.2) is 0 Å². The first-order chi connectivity index (χ1) is 11.2. The second kappa shape index (κ2) is 7.77. The Hall–Kier alpha value is -2.36. The van der Waals surface area contributed by atoms with Crippen molar-refractivity contribution in [3.63, 3.8) is 0 Å². The number of carbonyl (C=O) groups excluding carboxylic acids is 1. The Morgan fingerprint density at radius 3 is 2.57 bits per heavy atom. The van der Waals surface area contributed by atoms with Crippen LogP contribution in [-0.4, -0.2) is 31.5 Å². The molecule has 2 heterocycles. The maximum absolute atomic E-state index is 11.5. The van der Waals surface area contributed by atoms with E-state index >= 15 is 0 Å². The van der Waals surface area contributed by atoms with Gasteiger partial charge in [0.05, 0.1) is 0 Å². The zero-order chi connectivity index (χ0) is 16.8. The van der Waals surface area contributed by atoms with E-state index in [1.54, 1.807) is 19.3 Å². The molecule has 23 heavy (non-hydrogen) atoms. The van der Waals surface area contributed by atoms with Gasteiger partial charge in [-0.1, -0.05) is 26.0 Å². The van der Waals surface area contributed by atoms with E-state index in [1.807, 2.05) is 19.9 Å². The van der Waals surface area contributed by atoms with Crippen molar-refractivity contribution in [3.8, 4) is 11.1 Å². The normalized spacial score (nSPS) is 12.8. The van der Waals surface area contributed by atoms with Crippen molar-refractivity contribution in [2.45, 2.75) is 26.7 Å². The standard InChI is InChI=1S/C17H19N3O.C2H6/c1-18-17(21)15-7-5-14(11-19-15)12-6-8-16-13(10-12)4-3-9-20(16)2;1-2/h5-8,10-11H,3-4,9H2,1-2H3,(H,18,21);1-2H3. The van der Waals surface area contributed by atoms with Crippen LogP contribution in [0.4, 0.5) is 5.69 Å². The molecule has 1 amide bonds. The smallest absolute Gasteiger partial charge is 0.269 e. The van der Waals surface area contributed by atoms with Gasteiger partial charge in [-0.3, -0.25) is 9.78 Å². The van der Waals surface area contributed by atoms with Crippen LogP contribution in [0.25, 0.3) is 11.1 Å². The molecule has 0 aliphatic carbocycles. The summed E-state index contributed by atoms with van der Waals surface area (Å²) < 4.78 is 0. The van der Waals surface area contributed by atoms with E-state index in [0.29, 0.717) is 5.69 Å². The average molecular weight is 311 g/mol. The van der Waals surface area contributed by atoms with Crippen LogP contribution >= 0.6 is 0 Å². The van der Waals surface area contributed by atoms with E-state index in [0.717, 1.165) is 24.1 Å². The molecule has 3 rings (SSSR count). The molecule has 1 aliphatic rings. The molecule has 0 saturated heterocycles. The van der Waals surface area contributed by atoms with E-state index < -0.39 is 0 Å². The molecule has 2 aromatic rings. The lowest BCUT2D eigenvalue weighted by Crippen LogP contribution is -2.24. The first-order valence-electron chi connectivity index (χ1n) is 8.21. The van der Waals surface area contributed by atoms with Crippen molar-refractivity contribution in [1.29, 1.82) is 0 Å². The van der Waals surface area contributed by atoms with E-state index in [4.69, 9.17) is 0 Å². The van der Waals surface area contributed by atoms with Gasteiger partial charge in [-0.25, -0.2) is 0 Å². The number of amides is 1. The Labute approximate surface area is 138 Å². The zero-order valence-electron chi connectivity index (χ0n) is 14.4. The largest absolute Gasteiger partial charge is 0.374 e. The molecule has 0 unspecified atom stereocenters. The van der Waals surface area contributed by atoms with Crippen molar-refractivity contribution >= 4 is 11.6 Å². The summed E-state index contributed by atoms with van der Waals surface area (Å²) in [4.78, 5) is 18.0. The van der Waals surface area contributed by atoms with Crippen LogP contribution in [0.2, 0.25) is 0 Å². The quantitative estimate of drug-likeness (QED) is 0.923. The molecule has 1 aromatic carbocycles. The fraction of sp³-hybridized carbons (Fsp3) is 0.368. The van der Waals surface area contributed by atoms with Gasteiger partial charge in [-0.05, 0) is 42.2 Å². The molecular weight excluding hydrogens is 286 g/mol. The summed E-state index contributed by atoms with van der Waals surface area (Å²) in [5.74, 6) is -0.159. The summed E-state index contributed by atoms with van der Waals surface area (Å²) in [5, 5.41) is 2.58. The monoisotopic (exact) mass is 311 g/mol. The van der Waals surface area contributed by atoms with E-state index in [-0.39, 0.29) is 5.91 Å². The summed E-state index contributed by atoms with van der Waals surface area (Å²) in [6, 6.07) is 10.3. The van der Waals surface area contributed by atoms with Gasteiger partial charge in [-0.15, -0.1) is 0 Å². The van der Waals surface area contributed by atoms with Crippen LogP contribution < -0.4 is 10.2 Å². The van der Waals surface area contributed by atoms with Gasteiger partial charge in [0.1, 0.15) is 5.69 Å². The van der Waals surface area contributed by atoms with Crippen LogP contribution in [-0.2, 0) is 6.42 Å². The SMILES string of the molecule is CC.CNC(=O)c1ccc(-c2ccc3c(c2)CCCN3C)cn1. The number of hydrogen-bond donors (Lipinski definition) is 1. The highest BCUT2D eigenvalue weighted by Crippen LogP contribution is 2.30. The van der Waals surface area contributed by atoms with Gasteiger partial charge in [0, 0.05) is 38.1 Å². The number of nitrogens with zero attached hydrogens (tertiary/aromatic N) is 2. The van der Waals surface area contributed by atoms with Crippen LogP contribution in [0.5, 0.6) is 0 Å². The molecule has 4 nitrogen and oxygen atoms in total. The lowest BCUT2D eigenvalue weighted by Gasteiger charge is -2.27. The first kappa shape index (κ1) is 17.0. The van der Waals surface area contributed by atoms with Crippen LogP contribution in [0.1, 0.15) is 36.3 Å². The summed E-state index contributed by atoms with van der Waals surface area (Å²) in [6.45, 7) is 5.12. The molecule has 4 heteroatoms. The third kappa shape index (κ3) is 3.70. The number of aryl methyl sites for hydroxylation is 1. The van der Waals surface area contributed by atoms with E-state index in [9.17, 15) is 4.79 Å². The van der Waals surface area contributed by atoms with Gasteiger partial charge in [-0.2, -0.15) is 0 Å². The molecule has 122 valence electrons. The van der Waals surface area contributed by atoms with Gasteiger partial charge in [0.2, 0.25) is 0 Å². The highest BCUT2D eigenvalue weighted by atomic mass is 16.1. The van der Waals surface area contributed by atoms with Crippen molar-refractivity contribution < 1.29 is 4.79 Å². The van der Waals surface area contributed by atoms with Crippen LogP contribution in [0.3, 0.4) is 0 Å². The number of rotatable bonds is 2. The van der Waals surface area contributed by atoms with Gasteiger partial charge >= 0.3 is 0 Å². The summed E-state index contributed by atoms with van der Waals surface area (Å²) in [7, 11) is 3.75. The zero-order valence-corrected chi connectivity index (χ0v) is 14.4. The molecule has 0 fully saturated rings. The molecular formula is C19H25N3O. The minimum atomic E-state index is -0.159. The Morgan fingerprint density at radius 1 is 1.17 bits per heavy atom. The molecule has 0 bridgehead atoms. The van der Waals surface area contributed by atoms with Crippen LogP contribution in [0.15, 0.2) is 36.5 Å². The topological polar surface area (TPSA) is 45.2 Å². The summed E-state index contributed by atoms with van der Waals surface area (Å²) >= 11 is 0. The molecule has 0 spiro atoms. The second-order valence-corrected chi connectivity index (χ2v) is 5.38. The lowest BCUT2D eigenvalue weighted by molar-refractivity contribution is 0.0958. The van der Waals surface area contributed by atoms with Crippen molar-refractivity contribution in [2.75, 3.05) is 25.5 Å². The summed E-state index contributed by atoms with van der Waals surface area (Å²) in [6.07, 6.45) is 4.08. The molecule has 1 N–H and O–H groups in total. The van der Waals surface area contributed by atoms with E-state index in [2.05, 4.69) is 40.4 Å². The van der Waals surface area contributed by atoms with Crippen LogP contribution in [0, 0.1) is 0 Å². The molecule has 1 aliphatic heterocycles. The Kier molecular flexibility index (Phi) is 5.74. The second-order valence-electron chi connectivity index (χ2n) is 5.38. The average Bonchev–Trinajstić information content (AvgIpc) is 2.63. The first-order valence-corrected chi connectivity index (χ1v) is 8.21. The fourth-order valence-corrected chi connectivity index (χ4v) is 2.79. The molecule has 0 atom stereocenters. The third-order valence-corrected chi connectivity index (χ3v) is 3.99. The molecule has 1 aromatic heterocycles. The number of pyridine rings is 1. The number of fused-ring (bicyclic) bond motifs is 1. The number of carbonyl (C=O) groups is 1. The number of benzene rings is 1. The Bertz CT molecular complexity index is 665. The maximum Gasteiger partial charge on any atom is 0.269 e. The third-order valence-electron chi connectivity index (χ3n) is 3.99. The van der Waals surface area contributed by atoms with Crippen molar-refractivity contribution in [1.82, 2.24) is 10.3 Å². The van der Waals surface area contributed by atoms with E-state index in [1.165, 1.54) is 17.7 Å². The fourth-order valence-electron chi connectivity index (χ4n) is 2.79. The van der Waals surface area contributed by atoms with Crippen molar-refractivity contribution in [3.05, 3.63) is 47.8 Å². The van der Waals surface area contributed by atoms with Gasteiger partial charge in [0.25, 0.3) is 5.91 Å². The predicted octanol–water partition coefficient (Wildman–Crippen LogP) is 3.52. The van der Waals surface area contributed by atoms with Crippen molar-refractivity contribution in [2.24, 2.45) is 0 Å². The predicted molar refractivity (Wildman–Crippen MR) is 96.0 cm³/mol. The maximum atomic E-state index is 11.5. The highest BCUT2D eigenvalue weighted by molar-refractivity contribution is 5.92.